The Labute approximate surface area is 178 Å². The lowest BCUT2D eigenvalue weighted by Crippen LogP contribution is -2.40. The van der Waals surface area contributed by atoms with Crippen LogP contribution in [0.5, 0.6) is 0 Å². The first-order valence-electron chi connectivity index (χ1n) is 9.10. The third-order valence-corrected chi connectivity index (χ3v) is 4.96. The van der Waals surface area contributed by atoms with Crippen molar-refractivity contribution in [2.75, 3.05) is 38.2 Å². The van der Waals surface area contributed by atoms with Gasteiger partial charge >= 0.3 is 0 Å². The van der Waals surface area contributed by atoms with Crippen LogP contribution in [-0.2, 0) is 17.8 Å². The minimum atomic E-state index is 0. The predicted octanol–water partition coefficient (Wildman–Crippen LogP) is 2.89. The van der Waals surface area contributed by atoms with Crippen molar-refractivity contribution in [1.29, 1.82) is 0 Å². The molecule has 0 radical (unpaired) electrons. The quantitative estimate of drug-likeness (QED) is 0.255. The highest BCUT2D eigenvalue weighted by Crippen LogP contribution is 2.18. The molecule has 0 fully saturated rings. The van der Waals surface area contributed by atoms with Crippen molar-refractivity contribution in [1.82, 2.24) is 15.5 Å². The van der Waals surface area contributed by atoms with Crippen molar-refractivity contribution in [3.8, 4) is 0 Å². The number of benzene rings is 1. The van der Waals surface area contributed by atoms with E-state index in [4.69, 9.17) is 0 Å². The topological polar surface area (TPSA) is 56.7 Å². The van der Waals surface area contributed by atoms with Crippen LogP contribution in [0.15, 0.2) is 29.3 Å². The fraction of sp³-hybridized carbons (Fsp3) is 0.579. The number of carbonyl (C=O) groups excluding carboxylic acids is 1. The molecule has 2 rings (SSSR count). The summed E-state index contributed by atoms with van der Waals surface area (Å²) in [5, 5.41) is 6.52. The zero-order valence-electron chi connectivity index (χ0n) is 15.8. The third-order valence-electron chi connectivity index (χ3n) is 4.27. The Hall–Kier alpha value is -0.960. The van der Waals surface area contributed by atoms with Gasteiger partial charge in [-0.15, -0.1) is 24.0 Å². The average Bonchev–Trinajstić information content (AvgIpc) is 2.65. The van der Waals surface area contributed by atoms with E-state index in [1.165, 1.54) is 23.3 Å². The summed E-state index contributed by atoms with van der Waals surface area (Å²) in [4.78, 5) is 18.9. The summed E-state index contributed by atoms with van der Waals surface area (Å²) < 4.78 is 0. The van der Waals surface area contributed by atoms with Crippen LogP contribution in [0.4, 0.5) is 0 Å². The molecule has 1 aliphatic rings. The van der Waals surface area contributed by atoms with Crippen LogP contribution in [0, 0.1) is 0 Å². The zero-order chi connectivity index (χ0) is 17.9. The summed E-state index contributed by atoms with van der Waals surface area (Å²) >= 11 is 1.87. The molecule has 1 aromatic rings. The Balaban J connectivity index is 0.00000338. The van der Waals surface area contributed by atoms with Gasteiger partial charge < -0.3 is 15.5 Å². The van der Waals surface area contributed by atoms with Crippen molar-refractivity contribution in [3.63, 3.8) is 0 Å². The molecule has 0 saturated carbocycles. The van der Waals surface area contributed by atoms with Crippen molar-refractivity contribution in [3.05, 3.63) is 35.4 Å². The molecule has 0 aliphatic carbocycles. The highest BCUT2D eigenvalue weighted by atomic mass is 127. The number of nitrogens with zero attached hydrogens (tertiary/aromatic N) is 2. The number of halogens is 1. The fourth-order valence-corrected chi connectivity index (χ4v) is 3.37. The van der Waals surface area contributed by atoms with Crippen LogP contribution in [0.3, 0.4) is 0 Å². The van der Waals surface area contributed by atoms with E-state index >= 15 is 0 Å². The maximum Gasteiger partial charge on any atom is 0.244 e. The Kier molecular flexibility index (Phi) is 11.8. The summed E-state index contributed by atoms with van der Waals surface area (Å²) in [6.07, 6.45) is 5.37. The van der Waals surface area contributed by atoms with Crippen molar-refractivity contribution in [2.24, 2.45) is 4.99 Å². The smallest absolute Gasteiger partial charge is 0.244 e. The Morgan fingerprint density at radius 1 is 1.23 bits per heavy atom. The van der Waals surface area contributed by atoms with Gasteiger partial charge in [0.15, 0.2) is 5.96 Å². The van der Waals surface area contributed by atoms with E-state index in [1.807, 2.05) is 29.7 Å². The number of aliphatic imine (C=N–C) groups is 1. The number of hydrogen-bond acceptors (Lipinski definition) is 3. The van der Waals surface area contributed by atoms with Gasteiger partial charge in [0.25, 0.3) is 0 Å². The van der Waals surface area contributed by atoms with Crippen LogP contribution in [0.25, 0.3) is 0 Å². The third kappa shape index (κ3) is 7.73. The van der Waals surface area contributed by atoms with Gasteiger partial charge in [-0.3, -0.25) is 4.79 Å². The van der Waals surface area contributed by atoms with Crippen molar-refractivity contribution in [2.45, 2.75) is 32.7 Å². The SMILES string of the molecule is CCNC(=NCC(=O)N1CCc2ccccc2C1)NCCCCSC.I. The van der Waals surface area contributed by atoms with E-state index in [0.29, 0.717) is 6.54 Å². The summed E-state index contributed by atoms with van der Waals surface area (Å²) in [7, 11) is 0. The largest absolute Gasteiger partial charge is 0.357 e. The number of guanidine groups is 1. The van der Waals surface area contributed by atoms with Crippen LogP contribution in [-0.4, -0.2) is 55.0 Å². The van der Waals surface area contributed by atoms with Gasteiger partial charge in [-0.1, -0.05) is 24.3 Å². The maximum absolute atomic E-state index is 12.5. The molecular weight excluding hydrogens is 459 g/mol. The van der Waals surface area contributed by atoms with Crippen LogP contribution >= 0.6 is 35.7 Å². The van der Waals surface area contributed by atoms with Crippen LogP contribution < -0.4 is 10.6 Å². The number of carbonyl (C=O) groups is 1. The summed E-state index contributed by atoms with van der Waals surface area (Å²) in [6.45, 7) is 5.39. The van der Waals surface area contributed by atoms with E-state index in [1.54, 1.807) is 0 Å². The Morgan fingerprint density at radius 3 is 2.73 bits per heavy atom. The number of fused-ring (bicyclic) bond motifs is 1. The van der Waals surface area contributed by atoms with E-state index in [2.05, 4.69) is 40.1 Å². The van der Waals surface area contributed by atoms with Crippen molar-refractivity contribution < 1.29 is 4.79 Å². The van der Waals surface area contributed by atoms with Crippen molar-refractivity contribution >= 4 is 47.6 Å². The minimum Gasteiger partial charge on any atom is -0.357 e. The zero-order valence-corrected chi connectivity index (χ0v) is 18.9. The first-order valence-corrected chi connectivity index (χ1v) is 10.5. The maximum atomic E-state index is 12.5. The molecule has 1 heterocycles. The molecule has 7 heteroatoms. The molecule has 26 heavy (non-hydrogen) atoms. The highest BCUT2D eigenvalue weighted by molar-refractivity contribution is 14.0. The minimum absolute atomic E-state index is 0. The number of amides is 1. The molecule has 0 atom stereocenters. The molecule has 5 nitrogen and oxygen atoms in total. The number of unbranched alkanes of at least 4 members (excludes halogenated alkanes) is 1. The standard InChI is InChI=1S/C19H30N4OS.HI/c1-3-20-19(21-11-6-7-13-25-2)22-14-18(24)23-12-10-16-8-4-5-9-17(16)15-23;/h4-5,8-9H,3,6-7,10-15H2,1-2H3,(H2,20,21,22);1H. The normalized spacial score (nSPS) is 13.6. The average molecular weight is 490 g/mol. The first kappa shape index (κ1) is 23.1. The summed E-state index contributed by atoms with van der Waals surface area (Å²) in [5.41, 5.74) is 2.61. The molecular formula is C19H31IN4OS. The second kappa shape index (κ2) is 13.2. The van der Waals surface area contributed by atoms with E-state index in [9.17, 15) is 4.79 Å². The van der Waals surface area contributed by atoms with Gasteiger partial charge in [0.2, 0.25) is 5.91 Å². The molecule has 0 spiro atoms. The van der Waals surface area contributed by atoms with Gasteiger partial charge in [0.05, 0.1) is 0 Å². The monoisotopic (exact) mass is 490 g/mol. The Bertz CT molecular complexity index is 582. The molecule has 146 valence electrons. The molecule has 0 bridgehead atoms. The molecule has 0 saturated heterocycles. The van der Waals surface area contributed by atoms with Crippen LogP contribution in [0.2, 0.25) is 0 Å². The summed E-state index contributed by atoms with van der Waals surface area (Å²) in [6, 6.07) is 8.36. The van der Waals surface area contributed by atoms with Gasteiger partial charge in [-0.2, -0.15) is 11.8 Å². The second-order valence-electron chi connectivity index (χ2n) is 6.16. The second-order valence-corrected chi connectivity index (χ2v) is 7.14. The van der Waals surface area contributed by atoms with E-state index in [-0.39, 0.29) is 36.4 Å². The molecule has 1 aromatic carbocycles. The predicted molar refractivity (Wildman–Crippen MR) is 123 cm³/mol. The number of nitrogens with one attached hydrogen (secondary N) is 2. The van der Waals surface area contributed by atoms with Crippen LogP contribution in [0.1, 0.15) is 30.9 Å². The van der Waals surface area contributed by atoms with Gasteiger partial charge in [0.1, 0.15) is 6.54 Å². The molecule has 2 N–H and O–H groups in total. The number of rotatable bonds is 8. The molecule has 1 aliphatic heterocycles. The first-order chi connectivity index (χ1) is 12.2. The fourth-order valence-electron chi connectivity index (χ4n) is 2.88. The lowest BCUT2D eigenvalue weighted by molar-refractivity contribution is -0.130. The summed E-state index contributed by atoms with van der Waals surface area (Å²) in [5.74, 6) is 2.01. The molecule has 1 amide bonds. The highest BCUT2D eigenvalue weighted by Gasteiger charge is 2.19. The van der Waals surface area contributed by atoms with E-state index < -0.39 is 0 Å². The number of hydrogen-bond donors (Lipinski definition) is 2. The van der Waals surface area contributed by atoms with E-state index in [0.717, 1.165) is 38.4 Å². The molecule has 0 unspecified atom stereocenters. The number of thioether (sulfide) groups is 1. The van der Waals surface area contributed by atoms with Gasteiger partial charge in [-0.05, 0) is 49.3 Å². The lowest BCUT2D eigenvalue weighted by atomic mass is 10.00. The Morgan fingerprint density at radius 2 is 2.00 bits per heavy atom. The van der Waals surface area contributed by atoms with Gasteiger partial charge in [-0.25, -0.2) is 4.99 Å². The lowest BCUT2D eigenvalue weighted by Gasteiger charge is -2.28. The molecule has 0 aromatic heterocycles. The van der Waals surface area contributed by atoms with Gasteiger partial charge in [0, 0.05) is 26.2 Å².